The first-order chi connectivity index (χ1) is 5.65. The van der Waals surface area contributed by atoms with Gasteiger partial charge in [0.1, 0.15) is 4.60 Å². The van der Waals surface area contributed by atoms with Gasteiger partial charge in [-0.05, 0) is 40.6 Å². The Bertz CT molecular complexity index is 309. The lowest BCUT2D eigenvalue weighted by Crippen LogP contribution is -1.92. The van der Waals surface area contributed by atoms with Crippen LogP contribution in [0.25, 0.3) is 5.57 Å². The van der Waals surface area contributed by atoms with E-state index in [1.165, 1.54) is 0 Å². The quantitative estimate of drug-likeness (QED) is 0.726. The number of hydrogen-bond acceptors (Lipinski definition) is 2. The molecule has 0 N–H and O–H groups in total. The molecule has 0 saturated carbocycles. The molecule has 0 unspecified atom stereocenters. The number of halogens is 1. The van der Waals surface area contributed by atoms with Crippen molar-refractivity contribution in [1.29, 1.82) is 0 Å². The molecule has 0 bridgehead atoms. The smallest absolute Gasteiger partial charge is 0.221 e. The number of ether oxygens (including phenoxy) is 1. The lowest BCUT2D eigenvalue weighted by atomic mass is 10.1. The number of pyridine rings is 1. The molecule has 0 atom stereocenters. The van der Waals surface area contributed by atoms with Crippen LogP contribution >= 0.6 is 15.9 Å². The topological polar surface area (TPSA) is 22.1 Å². The predicted octanol–water partition coefficient (Wildman–Crippen LogP) is 2.89. The molecule has 3 heteroatoms. The van der Waals surface area contributed by atoms with Gasteiger partial charge in [0, 0.05) is 5.56 Å². The average Bonchev–Trinajstić information content (AvgIpc) is 2.03. The summed E-state index contributed by atoms with van der Waals surface area (Å²) in [6.45, 7) is 5.75. The fourth-order valence-corrected chi connectivity index (χ4v) is 1.19. The van der Waals surface area contributed by atoms with Gasteiger partial charge >= 0.3 is 0 Å². The SMILES string of the molecule is C=C(C)c1ccc(Br)nc1OC. The summed E-state index contributed by atoms with van der Waals surface area (Å²) < 4.78 is 5.85. The van der Waals surface area contributed by atoms with Crippen molar-refractivity contribution in [3.8, 4) is 5.88 Å². The summed E-state index contributed by atoms with van der Waals surface area (Å²) in [5.74, 6) is 0.608. The third-order valence-corrected chi connectivity index (χ3v) is 1.92. The molecular weight excluding hydrogens is 218 g/mol. The minimum Gasteiger partial charge on any atom is -0.481 e. The molecule has 1 rings (SSSR count). The molecule has 1 aromatic rings. The highest BCUT2D eigenvalue weighted by Gasteiger charge is 2.04. The van der Waals surface area contributed by atoms with Crippen molar-refractivity contribution in [2.45, 2.75) is 6.92 Å². The average molecular weight is 228 g/mol. The molecule has 0 amide bonds. The van der Waals surface area contributed by atoms with E-state index in [4.69, 9.17) is 4.74 Å². The standard InChI is InChI=1S/C9H10BrNO/c1-6(2)7-4-5-8(10)11-9(7)12-3/h4-5H,1H2,2-3H3. The van der Waals surface area contributed by atoms with Crippen LogP contribution in [0.2, 0.25) is 0 Å². The second kappa shape index (κ2) is 3.72. The number of nitrogens with zero attached hydrogens (tertiary/aromatic N) is 1. The first-order valence-electron chi connectivity index (χ1n) is 3.51. The molecule has 2 nitrogen and oxygen atoms in total. The van der Waals surface area contributed by atoms with Crippen molar-refractivity contribution in [1.82, 2.24) is 4.98 Å². The number of methoxy groups -OCH3 is 1. The highest BCUT2D eigenvalue weighted by atomic mass is 79.9. The Morgan fingerprint density at radius 2 is 2.25 bits per heavy atom. The van der Waals surface area contributed by atoms with E-state index in [9.17, 15) is 0 Å². The van der Waals surface area contributed by atoms with E-state index in [1.807, 2.05) is 19.1 Å². The molecule has 64 valence electrons. The van der Waals surface area contributed by atoms with E-state index in [0.717, 1.165) is 15.7 Å². The maximum atomic E-state index is 5.09. The van der Waals surface area contributed by atoms with Crippen molar-refractivity contribution in [2.75, 3.05) is 7.11 Å². The Kier molecular flexibility index (Phi) is 2.87. The second-order valence-corrected chi connectivity index (χ2v) is 3.28. The molecule has 0 aliphatic carbocycles. The summed E-state index contributed by atoms with van der Waals surface area (Å²) in [5.41, 5.74) is 1.90. The van der Waals surface area contributed by atoms with Crippen molar-refractivity contribution in [2.24, 2.45) is 0 Å². The number of hydrogen-bond donors (Lipinski definition) is 0. The van der Waals surface area contributed by atoms with Crippen LogP contribution < -0.4 is 4.74 Å². The van der Waals surface area contributed by atoms with Gasteiger partial charge in [0.25, 0.3) is 0 Å². The van der Waals surface area contributed by atoms with Crippen LogP contribution in [0.3, 0.4) is 0 Å². The van der Waals surface area contributed by atoms with Gasteiger partial charge in [-0.3, -0.25) is 0 Å². The van der Waals surface area contributed by atoms with E-state index in [-0.39, 0.29) is 0 Å². The van der Waals surface area contributed by atoms with Crippen LogP contribution in [0, 0.1) is 0 Å². The summed E-state index contributed by atoms with van der Waals surface area (Å²) in [6, 6.07) is 3.80. The third-order valence-electron chi connectivity index (χ3n) is 1.48. The molecule has 1 aromatic heterocycles. The van der Waals surface area contributed by atoms with Crippen molar-refractivity contribution in [3.05, 3.63) is 28.9 Å². The molecule has 1 heterocycles. The summed E-state index contributed by atoms with van der Waals surface area (Å²) in [7, 11) is 1.60. The molecule has 0 aliphatic heterocycles. The van der Waals surface area contributed by atoms with Gasteiger partial charge in [0.15, 0.2) is 0 Å². The zero-order valence-corrected chi connectivity index (χ0v) is 8.68. The summed E-state index contributed by atoms with van der Waals surface area (Å²) >= 11 is 3.27. The highest BCUT2D eigenvalue weighted by molar-refractivity contribution is 9.10. The summed E-state index contributed by atoms with van der Waals surface area (Å²) in [4.78, 5) is 4.15. The monoisotopic (exact) mass is 227 g/mol. The van der Waals surface area contributed by atoms with Crippen LogP contribution in [0.15, 0.2) is 23.3 Å². The van der Waals surface area contributed by atoms with Crippen LogP contribution in [0.4, 0.5) is 0 Å². The zero-order chi connectivity index (χ0) is 9.14. The molecule has 0 saturated heterocycles. The molecule has 0 aliphatic rings. The zero-order valence-electron chi connectivity index (χ0n) is 7.10. The Balaban J connectivity index is 3.20. The molecule has 0 spiro atoms. The van der Waals surface area contributed by atoms with E-state index < -0.39 is 0 Å². The lowest BCUT2D eigenvalue weighted by molar-refractivity contribution is 0.395. The molecule has 0 radical (unpaired) electrons. The first kappa shape index (κ1) is 9.26. The minimum absolute atomic E-state index is 0.608. The van der Waals surface area contributed by atoms with Crippen LogP contribution in [0.5, 0.6) is 5.88 Å². The van der Waals surface area contributed by atoms with Gasteiger partial charge in [0.2, 0.25) is 5.88 Å². The fourth-order valence-electron chi connectivity index (χ4n) is 0.898. The van der Waals surface area contributed by atoms with Gasteiger partial charge in [-0.25, -0.2) is 4.98 Å². The summed E-state index contributed by atoms with van der Waals surface area (Å²) in [5, 5.41) is 0. The number of allylic oxidation sites excluding steroid dienone is 1. The Labute approximate surface area is 80.4 Å². The molecule has 0 aromatic carbocycles. The number of rotatable bonds is 2. The van der Waals surface area contributed by atoms with E-state index in [0.29, 0.717) is 5.88 Å². The molecular formula is C9H10BrNO. The van der Waals surface area contributed by atoms with Gasteiger partial charge in [0.05, 0.1) is 7.11 Å². The Morgan fingerprint density at radius 1 is 1.58 bits per heavy atom. The maximum Gasteiger partial charge on any atom is 0.221 e. The first-order valence-corrected chi connectivity index (χ1v) is 4.31. The van der Waals surface area contributed by atoms with E-state index >= 15 is 0 Å². The normalized spacial score (nSPS) is 9.58. The van der Waals surface area contributed by atoms with Crippen LogP contribution in [-0.2, 0) is 0 Å². The number of aromatic nitrogens is 1. The predicted molar refractivity (Wildman–Crippen MR) is 53.2 cm³/mol. The van der Waals surface area contributed by atoms with Gasteiger partial charge in [-0.2, -0.15) is 0 Å². The largest absolute Gasteiger partial charge is 0.481 e. The van der Waals surface area contributed by atoms with E-state index in [1.54, 1.807) is 7.11 Å². The summed E-state index contributed by atoms with van der Waals surface area (Å²) in [6.07, 6.45) is 0. The van der Waals surface area contributed by atoms with Gasteiger partial charge in [-0.15, -0.1) is 0 Å². The van der Waals surface area contributed by atoms with Crippen LogP contribution in [0.1, 0.15) is 12.5 Å². The Morgan fingerprint density at radius 3 is 2.75 bits per heavy atom. The Hall–Kier alpha value is -0.830. The minimum atomic E-state index is 0.608. The maximum absolute atomic E-state index is 5.09. The van der Waals surface area contributed by atoms with Gasteiger partial charge < -0.3 is 4.74 Å². The third kappa shape index (κ3) is 1.85. The molecule has 12 heavy (non-hydrogen) atoms. The van der Waals surface area contributed by atoms with Crippen molar-refractivity contribution < 1.29 is 4.74 Å². The van der Waals surface area contributed by atoms with Crippen molar-refractivity contribution in [3.63, 3.8) is 0 Å². The van der Waals surface area contributed by atoms with Gasteiger partial charge in [-0.1, -0.05) is 6.58 Å². The van der Waals surface area contributed by atoms with Crippen molar-refractivity contribution >= 4 is 21.5 Å². The second-order valence-electron chi connectivity index (χ2n) is 2.47. The molecule has 0 fully saturated rings. The fraction of sp³-hybridized carbons (Fsp3) is 0.222. The highest BCUT2D eigenvalue weighted by Crippen LogP contribution is 2.24. The van der Waals surface area contributed by atoms with E-state index in [2.05, 4.69) is 27.5 Å². The van der Waals surface area contributed by atoms with Crippen LogP contribution in [-0.4, -0.2) is 12.1 Å². The lowest BCUT2D eigenvalue weighted by Gasteiger charge is -2.06.